The van der Waals surface area contributed by atoms with E-state index in [0.717, 1.165) is 18.2 Å². The van der Waals surface area contributed by atoms with Gasteiger partial charge in [0.2, 0.25) is 0 Å². The molecule has 1 aliphatic heterocycles. The maximum atomic E-state index is 5.62. The first-order valence-corrected chi connectivity index (χ1v) is 4.12. The quantitative estimate of drug-likeness (QED) is 0.490. The van der Waals surface area contributed by atoms with Crippen molar-refractivity contribution in [2.75, 3.05) is 20.1 Å². The van der Waals surface area contributed by atoms with Gasteiger partial charge in [0.1, 0.15) is 0 Å². The van der Waals surface area contributed by atoms with Crippen molar-refractivity contribution < 1.29 is 0 Å². The molecular formula is C8H16BN. The maximum Gasteiger partial charge on any atom is 0.0656 e. The molecule has 1 aliphatic rings. The molecule has 1 heterocycles. The molecule has 1 rings (SSSR count). The van der Waals surface area contributed by atoms with Crippen molar-refractivity contribution in [2.24, 2.45) is 11.8 Å². The first-order chi connectivity index (χ1) is 4.74. The van der Waals surface area contributed by atoms with Crippen LogP contribution in [0.2, 0.25) is 6.32 Å². The first-order valence-electron chi connectivity index (χ1n) is 4.12. The molecule has 2 unspecified atom stereocenters. The number of piperidine rings is 1. The highest BCUT2D eigenvalue weighted by Crippen LogP contribution is 2.24. The molecule has 0 aliphatic carbocycles. The van der Waals surface area contributed by atoms with E-state index in [1.165, 1.54) is 19.5 Å². The van der Waals surface area contributed by atoms with Gasteiger partial charge in [-0.15, -0.1) is 0 Å². The molecule has 0 saturated carbocycles. The molecule has 0 aromatic carbocycles. The highest BCUT2D eigenvalue weighted by atomic mass is 15.1. The van der Waals surface area contributed by atoms with Gasteiger partial charge in [-0.2, -0.15) is 0 Å². The fourth-order valence-electron chi connectivity index (χ4n) is 1.75. The number of hydrogen-bond donors (Lipinski definition) is 0. The van der Waals surface area contributed by atoms with E-state index in [2.05, 4.69) is 18.9 Å². The SMILES string of the molecule is [B]CC1CCN(C)CC1C. The number of likely N-dealkylation sites (tertiary alicyclic amines) is 1. The van der Waals surface area contributed by atoms with Gasteiger partial charge in [0.05, 0.1) is 7.85 Å². The molecular weight excluding hydrogens is 121 g/mol. The molecule has 0 aromatic heterocycles. The van der Waals surface area contributed by atoms with Gasteiger partial charge in [-0.1, -0.05) is 13.2 Å². The Balaban J connectivity index is 2.36. The summed E-state index contributed by atoms with van der Waals surface area (Å²) < 4.78 is 0. The molecule has 0 spiro atoms. The van der Waals surface area contributed by atoms with Crippen molar-refractivity contribution in [3.8, 4) is 0 Å². The third kappa shape index (κ3) is 1.75. The van der Waals surface area contributed by atoms with E-state index < -0.39 is 0 Å². The molecule has 1 nitrogen and oxygen atoms in total. The van der Waals surface area contributed by atoms with E-state index in [-0.39, 0.29) is 0 Å². The molecule has 2 heteroatoms. The zero-order chi connectivity index (χ0) is 7.56. The molecule has 0 N–H and O–H groups in total. The topological polar surface area (TPSA) is 3.24 Å². The summed E-state index contributed by atoms with van der Waals surface area (Å²) in [7, 11) is 7.80. The number of hydrogen-bond acceptors (Lipinski definition) is 1. The maximum absolute atomic E-state index is 5.62. The van der Waals surface area contributed by atoms with Crippen molar-refractivity contribution in [2.45, 2.75) is 19.7 Å². The van der Waals surface area contributed by atoms with Crippen molar-refractivity contribution in [3.05, 3.63) is 0 Å². The first kappa shape index (κ1) is 8.12. The molecule has 1 fully saturated rings. The monoisotopic (exact) mass is 137 g/mol. The Morgan fingerprint density at radius 2 is 2.30 bits per heavy atom. The van der Waals surface area contributed by atoms with Crippen LogP contribution in [-0.2, 0) is 0 Å². The highest BCUT2D eigenvalue weighted by molar-refractivity contribution is 6.08. The van der Waals surface area contributed by atoms with E-state index in [0.29, 0.717) is 0 Å². The largest absolute Gasteiger partial charge is 0.306 e. The third-order valence-corrected chi connectivity index (χ3v) is 2.59. The van der Waals surface area contributed by atoms with Gasteiger partial charge in [0.15, 0.2) is 0 Å². The summed E-state index contributed by atoms with van der Waals surface area (Å²) in [5.74, 6) is 1.57. The van der Waals surface area contributed by atoms with Crippen LogP contribution in [0.15, 0.2) is 0 Å². The summed E-state index contributed by atoms with van der Waals surface area (Å²) in [6.07, 6.45) is 2.16. The molecule has 0 amide bonds. The number of nitrogens with zero attached hydrogens (tertiary/aromatic N) is 1. The molecule has 2 atom stereocenters. The van der Waals surface area contributed by atoms with Gasteiger partial charge < -0.3 is 4.90 Å². The average molecular weight is 137 g/mol. The van der Waals surface area contributed by atoms with E-state index in [4.69, 9.17) is 7.85 Å². The van der Waals surface area contributed by atoms with Crippen molar-refractivity contribution in [1.29, 1.82) is 0 Å². The number of rotatable bonds is 1. The van der Waals surface area contributed by atoms with E-state index in [9.17, 15) is 0 Å². The average Bonchev–Trinajstić information content (AvgIpc) is 1.88. The zero-order valence-corrected chi connectivity index (χ0v) is 7.01. The van der Waals surface area contributed by atoms with Gasteiger partial charge in [0.25, 0.3) is 0 Å². The molecule has 10 heavy (non-hydrogen) atoms. The second-order valence-electron chi connectivity index (χ2n) is 3.52. The second kappa shape index (κ2) is 3.43. The van der Waals surface area contributed by atoms with Crippen LogP contribution in [0.3, 0.4) is 0 Å². The van der Waals surface area contributed by atoms with Crippen molar-refractivity contribution in [3.63, 3.8) is 0 Å². The van der Waals surface area contributed by atoms with E-state index in [1.54, 1.807) is 0 Å². The molecule has 56 valence electrons. The van der Waals surface area contributed by atoms with Gasteiger partial charge in [-0.3, -0.25) is 0 Å². The smallest absolute Gasteiger partial charge is 0.0656 e. The van der Waals surface area contributed by atoms with Crippen LogP contribution in [0.25, 0.3) is 0 Å². The van der Waals surface area contributed by atoms with Crippen LogP contribution in [0.5, 0.6) is 0 Å². The lowest BCUT2D eigenvalue weighted by Gasteiger charge is -2.34. The predicted octanol–water partition coefficient (Wildman–Crippen LogP) is 1.16. The minimum Gasteiger partial charge on any atom is -0.306 e. The van der Waals surface area contributed by atoms with Crippen LogP contribution in [-0.4, -0.2) is 32.9 Å². The minimum atomic E-state index is 0.774. The zero-order valence-electron chi connectivity index (χ0n) is 7.01. The van der Waals surface area contributed by atoms with Gasteiger partial charge >= 0.3 is 0 Å². The van der Waals surface area contributed by atoms with Crippen LogP contribution in [0.1, 0.15) is 13.3 Å². The second-order valence-corrected chi connectivity index (χ2v) is 3.52. The fraction of sp³-hybridized carbons (Fsp3) is 1.00. The van der Waals surface area contributed by atoms with E-state index >= 15 is 0 Å². The van der Waals surface area contributed by atoms with E-state index in [1.807, 2.05) is 0 Å². The molecule has 0 aromatic rings. The summed E-state index contributed by atoms with van der Waals surface area (Å²) in [5, 5.41) is 0. The summed E-state index contributed by atoms with van der Waals surface area (Å²) >= 11 is 0. The summed E-state index contributed by atoms with van der Waals surface area (Å²) in [4.78, 5) is 2.39. The Kier molecular flexibility index (Phi) is 2.78. The fourth-order valence-corrected chi connectivity index (χ4v) is 1.75. The molecule has 0 bridgehead atoms. The Labute approximate surface area is 65.2 Å². The van der Waals surface area contributed by atoms with Gasteiger partial charge in [-0.05, 0) is 31.8 Å². The normalized spacial score (nSPS) is 36.2. The van der Waals surface area contributed by atoms with Gasteiger partial charge in [0, 0.05) is 6.54 Å². The summed E-state index contributed by atoms with van der Waals surface area (Å²) in [6.45, 7) is 4.75. The predicted molar refractivity (Wildman–Crippen MR) is 45.3 cm³/mol. The van der Waals surface area contributed by atoms with Crippen LogP contribution < -0.4 is 0 Å². The Bertz CT molecular complexity index is 105. The lowest BCUT2D eigenvalue weighted by Crippen LogP contribution is -2.36. The van der Waals surface area contributed by atoms with Crippen LogP contribution >= 0.6 is 0 Å². The Morgan fingerprint density at radius 3 is 2.80 bits per heavy atom. The lowest BCUT2D eigenvalue weighted by molar-refractivity contribution is 0.166. The van der Waals surface area contributed by atoms with Crippen LogP contribution in [0, 0.1) is 11.8 Å². The van der Waals surface area contributed by atoms with Crippen molar-refractivity contribution >= 4 is 7.85 Å². The van der Waals surface area contributed by atoms with Crippen LogP contribution in [0.4, 0.5) is 0 Å². The summed E-state index contributed by atoms with van der Waals surface area (Å²) in [5.41, 5.74) is 0. The molecule has 1 saturated heterocycles. The third-order valence-electron chi connectivity index (χ3n) is 2.59. The lowest BCUT2D eigenvalue weighted by atomic mass is 9.78. The minimum absolute atomic E-state index is 0.774. The van der Waals surface area contributed by atoms with Gasteiger partial charge in [-0.25, -0.2) is 0 Å². The Morgan fingerprint density at radius 1 is 1.60 bits per heavy atom. The Hall–Kier alpha value is 0.0249. The highest BCUT2D eigenvalue weighted by Gasteiger charge is 2.21. The van der Waals surface area contributed by atoms with Crippen molar-refractivity contribution in [1.82, 2.24) is 4.90 Å². The standard InChI is InChI=1S/C8H16BN/c1-7-6-10(2)4-3-8(7)5-9/h7-8H,3-6H2,1-2H3. The summed E-state index contributed by atoms with van der Waals surface area (Å²) in [6, 6.07) is 0. The molecule has 2 radical (unpaired) electrons.